The lowest BCUT2D eigenvalue weighted by Gasteiger charge is -2.27. The third-order valence-corrected chi connectivity index (χ3v) is 4.20. The lowest BCUT2D eigenvalue weighted by Crippen LogP contribution is -2.56. The lowest BCUT2D eigenvalue weighted by molar-refractivity contribution is -0.0609. The molecule has 2 fully saturated rings. The van der Waals surface area contributed by atoms with E-state index >= 15 is 0 Å². The molecule has 0 radical (unpaired) electrons. The molecule has 0 saturated carbocycles. The zero-order valence-corrected chi connectivity index (χ0v) is 13.0. The van der Waals surface area contributed by atoms with Crippen molar-refractivity contribution in [1.29, 1.82) is 0 Å². The maximum absolute atomic E-state index is 12.5. The van der Waals surface area contributed by atoms with Gasteiger partial charge in [0, 0.05) is 19.7 Å². The minimum absolute atomic E-state index is 0.110. The fourth-order valence-electron chi connectivity index (χ4n) is 2.58. The largest absolute Gasteiger partial charge is 0.376 e. The van der Waals surface area contributed by atoms with Gasteiger partial charge in [0.05, 0.1) is 25.4 Å². The molecule has 2 aliphatic rings. The molecule has 2 unspecified atom stereocenters. The average Bonchev–Trinajstić information content (AvgIpc) is 3.29. The minimum Gasteiger partial charge on any atom is -0.376 e. The fourth-order valence-corrected chi connectivity index (χ4v) is 2.58. The van der Waals surface area contributed by atoms with Crippen LogP contribution in [0.15, 0.2) is 27.0 Å². The van der Waals surface area contributed by atoms with Crippen LogP contribution in [-0.2, 0) is 29.1 Å². The smallest absolute Gasteiger partial charge is 0.336 e. The molecule has 0 aromatic carbocycles. The second kappa shape index (κ2) is 6.67. The first-order valence-corrected chi connectivity index (χ1v) is 7.90. The van der Waals surface area contributed by atoms with E-state index in [1.54, 1.807) is 6.08 Å². The molecule has 0 amide bonds. The quantitative estimate of drug-likeness (QED) is 0.467. The van der Waals surface area contributed by atoms with Crippen molar-refractivity contribution in [2.24, 2.45) is 0 Å². The van der Waals surface area contributed by atoms with Crippen LogP contribution in [0.2, 0.25) is 0 Å². The lowest BCUT2D eigenvalue weighted by atomic mass is 10.2. The molecule has 0 N–H and O–H groups in total. The Balaban J connectivity index is 1.99. The molecule has 3 heterocycles. The van der Waals surface area contributed by atoms with E-state index in [2.05, 4.69) is 6.58 Å². The molecule has 0 spiro atoms. The third kappa shape index (κ3) is 3.37. The summed E-state index contributed by atoms with van der Waals surface area (Å²) < 4.78 is 13.8. The van der Waals surface area contributed by atoms with Crippen molar-refractivity contribution in [1.82, 2.24) is 13.7 Å². The average molecular weight is 323 g/mol. The topological polar surface area (TPSA) is 87.8 Å². The van der Waals surface area contributed by atoms with Crippen molar-refractivity contribution in [3.05, 3.63) is 44.1 Å². The van der Waals surface area contributed by atoms with Crippen LogP contribution in [-0.4, -0.2) is 39.1 Å². The molecule has 126 valence electrons. The summed E-state index contributed by atoms with van der Waals surface area (Å²) in [6.07, 6.45) is 3.50. The number of nitrogens with zero attached hydrogens (tertiary/aromatic N) is 3. The van der Waals surface area contributed by atoms with E-state index < -0.39 is 17.1 Å². The summed E-state index contributed by atoms with van der Waals surface area (Å²) in [5, 5.41) is 0. The van der Waals surface area contributed by atoms with Gasteiger partial charge in [-0.05, 0) is 19.3 Å². The van der Waals surface area contributed by atoms with E-state index in [9.17, 15) is 14.4 Å². The van der Waals surface area contributed by atoms with Gasteiger partial charge in [-0.1, -0.05) is 6.08 Å². The zero-order chi connectivity index (χ0) is 16.4. The van der Waals surface area contributed by atoms with E-state index in [0.29, 0.717) is 26.1 Å². The zero-order valence-electron chi connectivity index (χ0n) is 13.0. The van der Waals surface area contributed by atoms with Gasteiger partial charge < -0.3 is 9.47 Å². The molecule has 0 bridgehead atoms. The first-order chi connectivity index (χ1) is 11.1. The number of allylic oxidation sites excluding steroid dienone is 1. The highest BCUT2D eigenvalue weighted by atomic mass is 16.6. The van der Waals surface area contributed by atoms with Gasteiger partial charge >= 0.3 is 17.1 Å². The second-order valence-corrected chi connectivity index (χ2v) is 5.86. The van der Waals surface area contributed by atoms with Gasteiger partial charge in [0.15, 0.2) is 0 Å². The number of aromatic nitrogens is 3. The first kappa shape index (κ1) is 15.9. The van der Waals surface area contributed by atoms with Crippen molar-refractivity contribution >= 4 is 0 Å². The number of epoxide rings is 1. The summed E-state index contributed by atoms with van der Waals surface area (Å²) in [7, 11) is 0. The molecule has 2 aliphatic heterocycles. The molecule has 8 nitrogen and oxygen atoms in total. The van der Waals surface area contributed by atoms with E-state index in [1.807, 2.05) is 0 Å². The highest BCUT2D eigenvalue weighted by Crippen LogP contribution is 2.13. The fraction of sp³-hybridized carbons (Fsp3) is 0.667. The number of hydrogen-bond donors (Lipinski definition) is 0. The molecule has 2 saturated heterocycles. The molecular weight excluding hydrogens is 302 g/mol. The van der Waals surface area contributed by atoms with Gasteiger partial charge in [-0.3, -0.25) is 0 Å². The van der Waals surface area contributed by atoms with E-state index in [0.717, 1.165) is 20.1 Å². The third-order valence-electron chi connectivity index (χ3n) is 4.20. The monoisotopic (exact) mass is 323 g/mol. The summed E-state index contributed by atoms with van der Waals surface area (Å²) in [6.45, 7) is 5.56. The van der Waals surface area contributed by atoms with Crippen LogP contribution in [0.5, 0.6) is 0 Å². The second-order valence-electron chi connectivity index (χ2n) is 5.86. The Morgan fingerprint density at radius 2 is 1.61 bits per heavy atom. The van der Waals surface area contributed by atoms with Crippen LogP contribution in [0.25, 0.3) is 0 Å². The SMILES string of the molecule is C=CCCn1c(=O)n(CCC2CO2)c(=O)n(CC2CCO2)c1=O. The Kier molecular flexibility index (Phi) is 4.63. The standard InChI is InChI=1S/C15H21N3O5/c1-2-3-6-16-13(19)17(7-4-12-10-23-12)15(21)18(14(16)20)9-11-5-8-22-11/h2,11-12H,1,3-10H2. The Hall–Kier alpha value is -1.93. The maximum Gasteiger partial charge on any atom is 0.336 e. The Labute approximate surface area is 132 Å². The number of rotatable bonds is 8. The van der Waals surface area contributed by atoms with Crippen LogP contribution in [0.3, 0.4) is 0 Å². The van der Waals surface area contributed by atoms with Crippen LogP contribution >= 0.6 is 0 Å². The predicted octanol–water partition coefficient (Wildman–Crippen LogP) is -0.674. The van der Waals surface area contributed by atoms with Gasteiger partial charge in [0.25, 0.3) is 0 Å². The Morgan fingerprint density at radius 1 is 1.00 bits per heavy atom. The summed E-state index contributed by atoms with van der Waals surface area (Å²) >= 11 is 0. The number of ether oxygens (including phenoxy) is 2. The molecule has 1 aromatic rings. The van der Waals surface area contributed by atoms with Gasteiger partial charge in [-0.2, -0.15) is 0 Å². The van der Waals surface area contributed by atoms with E-state index in [-0.39, 0.29) is 31.8 Å². The van der Waals surface area contributed by atoms with E-state index in [1.165, 1.54) is 0 Å². The minimum atomic E-state index is -0.573. The van der Waals surface area contributed by atoms with Crippen molar-refractivity contribution in [2.45, 2.75) is 51.1 Å². The van der Waals surface area contributed by atoms with Gasteiger partial charge in [0.1, 0.15) is 0 Å². The highest BCUT2D eigenvalue weighted by molar-refractivity contribution is 4.83. The van der Waals surface area contributed by atoms with Crippen molar-refractivity contribution in [2.75, 3.05) is 13.2 Å². The Morgan fingerprint density at radius 3 is 2.13 bits per heavy atom. The molecule has 2 atom stereocenters. The van der Waals surface area contributed by atoms with Crippen molar-refractivity contribution in [3.8, 4) is 0 Å². The summed E-state index contributed by atoms with van der Waals surface area (Å²) in [6, 6.07) is 0. The van der Waals surface area contributed by atoms with Gasteiger partial charge in [0.2, 0.25) is 0 Å². The van der Waals surface area contributed by atoms with Crippen LogP contribution < -0.4 is 17.1 Å². The van der Waals surface area contributed by atoms with E-state index in [4.69, 9.17) is 9.47 Å². The van der Waals surface area contributed by atoms with Crippen LogP contribution in [0.4, 0.5) is 0 Å². The molecule has 1 aromatic heterocycles. The summed E-state index contributed by atoms with van der Waals surface area (Å²) in [4.78, 5) is 37.5. The van der Waals surface area contributed by atoms with Crippen LogP contribution in [0, 0.1) is 0 Å². The number of hydrogen-bond acceptors (Lipinski definition) is 5. The molecule has 23 heavy (non-hydrogen) atoms. The molecular formula is C15H21N3O5. The molecule has 0 aliphatic carbocycles. The van der Waals surface area contributed by atoms with Crippen LogP contribution in [0.1, 0.15) is 19.3 Å². The molecule has 8 heteroatoms. The van der Waals surface area contributed by atoms with Gasteiger partial charge in [-0.15, -0.1) is 6.58 Å². The maximum atomic E-state index is 12.5. The first-order valence-electron chi connectivity index (χ1n) is 7.90. The van der Waals surface area contributed by atoms with Crippen molar-refractivity contribution in [3.63, 3.8) is 0 Å². The summed E-state index contributed by atoms with van der Waals surface area (Å²) in [5.41, 5.74) is -1.70. The van der Waals surface area contributed by atoms with Gasteiger partial charge in [-0.25, -0.2) is 28.1 Å². The van der Waals surface area contributed by atoms with Crippen molar-refractivity contribution < 1.29 is 9.47 Å². The summed E-state index contributed by atoms with van der Waals surface area (Å²) in [5.74, 6) is 0. The Bertz CT molecular complexity index is 752. The normalized spacial score (nSPS) is 22.6. The molecule has 3 rings (SSSR count). The predicted molar refractivity (Wildman–Crippen MR) is 82.8 cm³/mol. The highest BCUT2D eigenvalue weighted by Gasteiger charge is 2.25.